The van der Waals surface area contributed by atoms with Crippen molar-refractivity contribution in [2.45, 2.75) is 37.1 Å². The van der Waals surface area contributed by atoms with Gasteiger partial charge in [0.1, 0.15) is 5.82 Å². The molecule has 1 aromatic carbocycles. The van der Waals surface area contributed by atoms with Gasteiger partial charge in [0.05, 0.1) is 5.54 Å². The SMILES string of the molecule is CCCNC(C)(CCSc1cccc(F)c1)C(N)=O. The second kappa shape index (κ2) is 7.50. The number of primary amides is 1. The molecule has 3 N–H and O–H groups in total. The fourth-order valence-electron chi connectivity index (χ4n) is 1.63. The quantitative estimate of drug-likeness (QED) is 0.721. The van der Waals surface area contributed by atoms with Crippen molar-refractivity contribution in [3.63, 3.8) is 0 Å². The summed E-state index contributed by atoms with van der Waals surface area (Å²) >= 11 is 1.52. The van der Waals surface area contributed by atoms with E-state index in [9.17, 15) is 9.18 Å². The minimum Gasteiger partial charge on any atom is -0.368 e. The highest BCUT2D eigenvalue weighted by Crippen LogP contribution is 2.22. The topological polar surface area (TPSA) is 55.1 Å². The van der Waals surface area contributed by atoms with E-state index in [-0.39, 0.29) is 11.7 Å². The molecule has 0 radical (unpaired) electrons. The number of nitrogens with one attached hydrogen (secondary N) is 1. The number of benzene rings is 1. The van der Waals surface area contributed by atoms with Crippen LogP contribution in [0.2, 0.25) is 0 Å². The molecule has 0 spiro atoms. The summed E-state index contributed by atoms with van der Waals surface area (Å²) in [5.41, 5.74) is 4.75. The summed E-state index contributed by atoms with van der Waals surface area (Å²) in [6.07, 6.45) is 1.56. The van der Waals surface area contributed by atoms with Gasteiger partial charge >= 0.3 is 0 Å². The zero-order valence-electron chi connectivity index (χ0n) is 11.4. The third-order valence-corrected chi connectivity index (χ3v) is 3.97. The molecule has 0 aliphatic carbocycles. The molecule has 0 fully saturated rings. The van der Waals surface area contributed by atoms with Gasteiger partial charge in [-0.05, 0) is 44.5 Å². The van der Waals surface area contributed by atoms with Crippen molar-refractivity contribution in [2.24, 2.45) is 5.73 Å². The molecule has 0 saturated carbocycles. The number of rotatable bonds is 8. The summed E-state index contributed by atoms with van der Waals surface area (Å²) in [6.45, 7) is 4.61. The Labute approximate surface area is 118 Å². The van der Waals surface area contributed by atoms with E-state index in [0.29, 0.717) is 12.2 Å². The Hall–Kier alpha value is -1.07. The average molecular weight is 284 g/mol. The Kier molecular flexibility index (Phi) is 6.31. The maximum atomic E-state index is 13.0. The highest BCUT2D eigenvalue weighted by molar-refractivity contribution is 7.99. The van der Waals surface area contributed by atoms with E-state index in [1.165, 1.54) is 23.9 Å². The van der Waals surface area contributed by atoms with Crippen molar-refractivity contribution in [3.05, 3.63) is 30.1 Å². The summed E-state index contributed by atoms with van der Waals surface area (Å²) < 4.78 is 13.0. The average Bonchev–Trinajstić information content (AvgIpc) is 2.36. The van der Waals surface area contributed by atoms with Gasteiger partial charge in [-0.3, -0.25) is 4.79 Å². The van der Waals surface area contributed by atoms with Gasteiger partial charge in [0.25, 0.3) is 0 Å². The third-order valence-electron chi connectivity index (χ3n) is 2.98. The number of amides is 1. The van der Waals surface area contributed by atoms with Crippen LogP contribution in [-0.4, -0.2) is 23.7 Å². The van der Waals surface area contributed by atoms with E-state index in [1.54, 1.807) is 6.07 Å². The number of nitrogens with two attached hydrogens (primary N) is 1. The molecule has 106 valence electrons. The second-order valence-electron chi connectivity index (χ2n) is 4.68. The predicted molar refractivity (Wildman–Crippen MR) is 77.6 cm³/mol. The lowest BCUT2D eigenvalue weighted by Crippen LogP contribution is -2.53. The number of carbonyl (C=O) groups excluding carboxylic acids is 1. The van der Waals surface area contributed by atoms with Crippen molar-refractivity contribution in [1.29, 1.82) is 0 Å². The Balaban J connectivity index is 2.50. The normalized spacial score (nSPS) is 14.1. The lowest BCUT2D eigenvalue weighted by atomic mass is 9.98. The predicted octanol–water partition coefficient (Wildman–Crippen LogP) is 2.55. The molecule has 19 heavy (non-hydrogen) atoms. The van der Waals surface area contributed by atoms with Crippen LogP contribution < -0.4 is 11.1 Å². The van der Waals surface area contributed by atoms with Gasteiger partial charge in [-0.25, -0.2) is 4.39 Å². The van der Waals surface area contributed by atoms with E-state index in [4.69, 9.17) is 5.73 Å². The molecule has 1 rings (SSSR count). The largest absolute Gasteiger partial charge is 0.368 e. The molecular weight excluding hydrogens is 263 g/mol. The lowest BCUT2D eigenvalue weighted by Gasteiger charge is -2.27. The Morgan fingerprint density at radius 2 is 2.26 bits per heavy atom. The minimum absolute atomic E-state index is 0.244. The highest BCUT2D eigenvalue weighted by Gasteiger charge is 2.29. The smallest absolute Gasteiger partial charge is 0.237 e. The Morgan fingerprint density at radius 1 is 1.53 bits per heavy atom. The van der Waals surface area contributed by atoms with E-state index < -0.39 is 5.54 Å². The molecule has 0 heterocycles. The van der Waals surface area contributed by atoms with Crippen LogP contribution in [0.3, 0.4) is 0 Å². The first kappa shape index (κ1) is 16.0. The van der Waals surface area contributed by atoms with Crippen LogP contribution in [-0.2, 0) is 4.79 Å². The van der Waals surface area contributed by atoms with E-state index in [0.717, 1.165) is 17.9 Å². The molecule has 5 heteroatoms. The number of hydrogen-bond donors (Lipinski definition) is 2. The third kappa shape index (κ3) is 5.20. The van der Waals surface area contributed by atoms with Crippen LogP contribution in [0.4, 0.5) is 4.39 Å². The van der Waals surface area contributed by atoms with Crippen molar-refractivity contribution < 1.29 is 9.18 Å². The lowest BCUT2D eigenvalue weighted by molar-refractivity contribution is -0.123. The van der Waals surface area contributed by atoms with Crippen LogP contribution in [0.15, 0.2) is 29.2 Å². The number of hydrogen-bond acceptors (Lipinski definition) is 3. The minimum atomic E-state index is -0.698. The monoisotopic (exact) mass is 284 g/mol. The van der Waals surface area contributed by atoms with Gasteiger partial charge in [0, 0.05) is 10.6 Å². The molecular formula is C14H21FN2OS. The van der Waals surface area contributed by atoms with Gasteiger partial charge < -0.3 is 11.1 Å². The van der Waals surface area contributed by atoms with Crippen molar-refractivity contribution in [2.75, 3.05) is 12.3 Å². The van der Waals surface area contributed by atoms with E-state index in [1.807, 2.05) is 19.9 Å². The van der Waals surface area contributed by atoms with E-state index >= 15 is 0 Å². The molecule has 1 unspecified atom stereocenters. The van der Waals surface area contributed by atoms with Gasteiger partial charge in [-0.15, -0.1) is 11.8 Å². The van der Waals surface area contributed by atoms with Crippen molar-refractivity contribution in [1.82, 2.24) is 5.32 Å². The maximum absolute atomic E-state index is 13.0. The number of carbonyl (C=O) groups is 1. The Bertz CT molecular complexity index is 428. The summed E-state index contributed by atoms with van der Waals surface area (Å²) in [6, 6.07) is 6.45. The second-order valence-corrected chi connectivity index (χ2v) is 5.85. The first-order valence-corrected chi connectivity index (χ1v) is 7.40. The zero-order chi connectivity index (χ0) is 14.3. The standard InChI is InChI=1S/C14H21FN2OS/c1-3-8-17-14(2,13(16)18)7-9-19-12-6-4-5-11(15)10-12/h4-6,10,17H,3,7-9H2,1-2H3,(H2,16,18). The summed E-state index contributed by atoms with van der Waals surface area (Å²) in [5.74, 6) is 0.118. The van der Waals surface area contributed by atoms with Crippen LogP contribution in [0.25, 0.3) is 0 Å². The van der Waals surface area contributed by atoms with Crippen LogP contribution in [0.5, 0.6) is 0 Å². The Morgan fingerprint density at radius 3 is 2.84 bits per heavy atom. The summed E-state index contributed by atoms with van der Waals surface area (Å²) in [7, 11) is 0. The number of halogens is 1. The van der Waals surface area contributed by atoms with Crippen LogP contribution >= 0.6 is 11.8 Å². The van der Waals surface area contributed by atoms with Gasteiger partial charge in [-0.1, -0.05) is 13.0 Å². The molecule has 0 aliphatic rings. The first-order chi connectivity index (χ1) is 8.98. The first-order valence-electron chi connectivity index (χ1n) is 6.41. The molecule has 3 nitrogen and oxygen atoms in total. The van der Waals surface area contributed by atoms with E-state index in [2.05, 4.69) is 5.32 Å². The fourth-order valence-corrected chi connectivity index (χ4v) is 2.75. The molecule has 1 amide bonds. The molecule has 1 aromatic rings. The van der Waals surface area contributed by atoms with Gasteiger partial charge in [-0.2, -0.15) is 0 Å². The van der Waals surface area contributed by atoms with Gasteiger partial charge in [0.15, 0.2) is 0 Å². The maximum Gasteiger partial charge on any atom is 0.237 e. The molecule has 0 aliphatic heterocycles. The van der Waals surface area contributed by atoms with Crippen molar-refractivity contribution in [3.8, 4) is 0 Å². The molecule has 0 bridgehead atoms. The van der Waals surface area contributed by atoms with Gasteiger partial charge in [0.2, 0.25) is 5.91 Å². The summed E-state index contributed by atoms with van der Waals surface area (Å²) in [5, 5.41) is 3.18. The van der Waals surface area contributed by atoms with Crippen LogP contribution in [0, 0.1) is 5.82 Å². The van der Waals surface area contributed by atoms with Crippen LogP contribution in [0.1, 0.15) is 26.7 Å². The fraction of sp³-hybridized carbons (Fsp3) is 0.500. The van der Waals surface area contributed by atoms with Crippen molar-refractivity contribution >= 4 is 17.7 Å². The highest BCUT2D eigenvalue weighted by atomic mass is 32.2. The molecule has 0 aromatic heterocycles. The summed E-state index contributed by atoms with van der Waals surface area (Å²) in [4.78, 5) is 12.4. The molecule has 1 atom stereocenters. The molecule has 0 saturated heterocycles. The zero-order valence-corrected chi connectivity index (χ0v) is 12.2. The number of thioether (sulfide) groups is 1.